The zero-order valence-electron chi connectivity index (χ0n) is 70.2. The highest BCUT2D eigenvalue weighted by Gasteiger charge is 2.40. The summed E-state index contributed by atoms with van der Waals surface area (Å²) in [5, 5.41) is 127. The topological polar surface area (TPSA) is 585 Å². The third kappa shape index (κ3) is 43.1. The maximum absolute atomic E-state index is 14.1. The minimum atomic E-state index is -1.20. The molecule has 694 valence electrons. The Morgan fingerprint density at radius 3 is 1.17 bits per heavy atom. The van der Waals surface area contributed by atoms with Crippen molar-refractivity contribution in [3.05, 3.63) is 47.8 Å². The monoisotopic (exact) mass is 1740 g/mol. The predicted octanol–water partition coefficient (Wildman–Crippen LogP) is -3.24. The smallest absolute Gasteiger partial charge is 0.253 e. The average Bonchev–Trinajstić information content (AvgIpc) is 1.06. The lowest BCUT2D eigenvalue weighted by atomic mass is 9.82. The van der Waals surface area contributed by atoms with Gasteiger partial charge in [-0.1, -0.05) is 49.0 Å². The molecule has 43 heteroatoms. The molecule has 0 spiro atoms. The summed E-state index contributed by atoms with van der Waals surface area (Å²) in [6.07, 6.45) is 5.13. The van der Waals surface area contributed by atoms with Crippen LogP contribution in [0.2, 0.25) is 0 Å². The minimum absolute atomic E-state index is 0.0686. The quantitative estimate of drug-likeness (QED) is 0.0176. The second-order valence-electron chi connectivity index (χ2n) is 30.3. The van der Waals surface area contributed by atoms with Crippen molar-refractivity contribution >= 4 is 41.4 Å². The van der Waals surface area contributed by atoms with Gasteiger partial charge < -0.3 is 135 Å². The van der Waals surface area contributed by atoms with E-state index in [9.17, 15) is 79.5 Å². The molecule has 0 saturated carbocycles. The van der Waals surface area contributed by atoms with Crippen LogP contribution in [-0.2, 0) is 116 Å². The number of rotatable bonds is 71. The number of imide groups is 1. The Balaban J connectivity index is 0.921. The molecule has 0 radical (unpaired) electrons. The first-order chi connectivity index (χ1) is 59.2. The van der Waals surface area contributed by atoms with Crippen molar-refractivity contribution in [2.75, 3.05) is 178 Å². The first-order valence-electron chi connectivity index (χ1n) is 42.8. The first kappa shape index (κ1) is 104. The Kier molecular flexibility index (Phi) is 52.7. The number of hydrogen-bond donors (Lipinski definition) is 16. The zero-order chi connectivity index (χ0) is 87.8. The van der Waals surface area contributed by atoms with E-state index in [1.54, 1.807) is 28.0 Å². The third-order valence-electron chi connectivity index (χ3n) is 20.6. The van der Waals surface area contributed by atoms with E-state index in [1.165, 1.54) is 12.2 Å². The normalized spacial score (nSPS) is 21.9. The molecule has 43 nitrogen and oxygen atoms in total. The summed E-state index contributed by atoms with van der Waals surface area (Å²) in [6.45, 7) is 5.45. The fraction of sp³-hybridized carbons (Fsp3) is 0.810. The largest absolute Gasteiger partial charge is 0.394 e. The molecule has 4 aliphatic rings. The number of amides is 7. The van der Waals surface area contributed by atoms with Gasteiger partial charge in [0, 0.05) is 146 Å². The molecule has 7 amide bonds. The van der Waals surface area contributed by atoms with Gasteiger partial charge in [0.25, 0.3) is 11.8 Å². The van der Waals surface area contributed by atoms with Crippen molar-refractivity contribution in [3.63, 3.8) is 0 Å². The summed E-state index contributed by atoms with van der Waals surface area (Å²) < 4.78 is 71.4. The van der Waals surface area contributed by atoms with Crippen LogP contribution in [0.3, 0.4) is 0 Å². The van der Waals surface area contributed by atoms with Crippen LogP contribution in [0.5, 0.6) is 0 Å². The molecule has 2 aromatic heterocycles. The van der Waals surface area contributed by atoms with Crippen molar-refractivity contribution in [2.45, 2.75) is 233 Å². The van der Waals surface area contributed by atoms with Gasteiger partial charge in [-0.3, -0.25) is 38.5 Å². The second-order valence-corrected chi connectivity index (χ2v) is 30.3. The van der Waals surface area contributed by atoms with Gasteiger partial charge >= 0.3 is 0 Å². The lowest BCUT2D eigenvalue weighted by molar-refractivity contribution is -0.179. The van der Waals surface area contributed by atoms with Gasteiger partial charge in [-0.2, -0.15) is 5.11 Å². The van der Waals surface area contributed by atoms with Crippen molar-refractivity contribution in [3.8, 4) is 0 Å². The molecular formula is C79H135N15O28. The van der Waals surface area contributed by atoms with Gasteiger partial charge in [0.2, 0.25) is 29.5 Å². The van der Waals surface area contributed by atoms with Gasteiger partial charge in [0.1, 0.15) is 36.6 Å². The highest BCUT2D eigenvalue weighted by atomic mass is 16.6. The molecule has 0 aliphatic carbocycles. The molecule has 6 rings (SSSR count). The first-order valence-corrected chi connectivity index (χ1v) is 42.8. The highest BCUT2D eigenvalue weighted by Crippen LogP contribution is 2.29. The molecule has 6 heterocycles. The summed E-state index contributed by atoms with van der Waals surface area (Å²) in [6, 6.07) is 0. The second kappa shape index (κ2) is 62.0. The molecule has 4 aliphatic heterocycles. The molecule has 0 bridgehead atoms. The van der Waals surface area contributed by atoms with Crippen LogP contribution in [0.1, 0.15) is 140 Å². The van der Waals surface area contributed by atoms with Crippen LogP contribution in [0.15, 0.2) is 41.6 Å². The van der Waals surface area contributed by atoms with Gasteiger partial charge in [-0.15, -0.1) is 10.2 Å². The van der Waals surface area contributed by atoms with Gasteiger partial charge in [-0.05, 0) is 32.1 Å². The van der Waals surface area contributed by atoms with Crippen molar-refractivity contribution in [1.82, 2.24) is 66.8 Å². The van der Waals surface area contributed by atoms with E-state index in [0.29, 0.717) is 122 Å². The van der Waals surface area contributed by atoms with Gasteiger partial charge in [-0.25, -0.2) is 14.9 Å². The van der Waals surface area contributed by atoms with Crippen LogP contribution in [0.25, 0.3) is 0 Å². The van der Waals surface area contributed by atoms with Crippen molar-refractivity contribution in [1.29, 1.82) is 5.53 Å². The fourth-order valence-corrected chi connectivity index (χ4v) is 13.9. The van der Waals surface area contributed by atoms with Crippen molar-refractivity contribution in [2.24, 2.45) is 5.11 Å². The predicted molar refractivity (Wildman–Crippen MR) is 430 cm³/mol. The molecule has 0 aromatic carbocycles. The number of unbranched alkanes of at least 4 members (excludes halogenated alkanes) is 7. The van der Waals surface area contributed by atoms with Crippen LogP contribution >= 0.6 is 0 Å². The summed E-state index contributed by atoms with van der Waals surface area (Å²) in [5.74, 6) is -2.26. The minimum Gasteiger partial charge on any atom is -0.394 e. The lowest BCUT2D eigenvalue weighted by Crippen LogP contribution is -2.50. The summed E-state index contributed by atoms with van der Waals surface area (Å²) in [4.78, 5) is 92.1. The number of nitrogens with one attached hydrogen (secondary N) is 7. The third-order valence-corrected chi connectivity index (χ3v) is 20.6. The van der Waals surface area contributed by atoms with Crippen LogP contribution < -0.4 is 31.9 Å². The summed E-state index contributed by atoms with van der Waals surface area (Å²) in [5.41, 5.74) is 7.93. The van der Waals surface area contributed by atoms with Gasteiger partial charge in [0.05, 0.1) is 206 Å². The Labute approximate surface area is 711 Å². The molecule has 0 unspecified atom stereocenters. The Hall–Kier alpha value is -7.19. The van der Waals surface area contributed by atoms with E-state index >= 15 is 0 Å². The maximum Gasteiger partial charge on any atom is 0.253 e. The fourth-order valence-electron chi connectivity index (χ4n) is 13.9. The molecule has 122 heavy (non-hydrogen) atoms. The Bertz CT molecular complexity index is 3200. The number of carbonyl (C=O) groups is 7. The highest BCUT2D eigenvalue weighted by molar-refractivity contribution is 6.12. The van der Waals surface area contributed by atoms with E-state index in [2.05, 4.69) is 57.6 Å². The molecule has 16 N–H and O–H groups in total. The SMILES string of the molecule is N=N/C(=C\NCCOCCOCCOCCNC(=O)CCC(CCC(=O)NCCOCCOCCOCCn1cc(C[C@@H]2C[C@@H](O)[C@@H](O)[C@@H](CO)O2)nn1)(CCC(=O)NCCOCCOCCOCCn1cc(C[C@@H]2C[C@@H](O)[C@@H](O)[C@@H](CO)O2)nn1)NC(=O)CCCCCCCCCCC(=O)NCCN1C(=O)C=CC1=O)C[C@@H]1C[C@@H](O)[C@@H](O)[C@@H](CO)O1. The number of hydrogen-bond acceptors (Lipinski definition) is 35. The van der Waals surface area contributed by atoms with Crippen LogP contribution in [0, 0.1) is 5.53 Å². The zero-order valence-corrected chi connectivity index (χ0v) is 70.2. The van der Waals surface area contributed by atoms with E-state index in [-0.39, 0.29) is 199 Å². The Morgan fingerprint density at radius 1 is 0.443 bits per heavy atom. The number of ether oxygens (including phenoxy) is 12. The number of aromatic nitrogens is 6. The van der Waals surface area contributed by atoms with E-state index in [1.807, 2.05) is 0 Å². The summed E-state index contributed by atoms with van der Waals surface area (Å²) >= 11 is 0. The number of nitrogens with zero attached hydrogens (tertiary/aromatic N) is 8. The molecular weight excluding hydrogens is 1610 g/mol. The van der Waals surface area contributed by atoms with Crippen molar-refractivity contribution < 1.29 is 136 Å². The number of carbonyl (C=O) groups excluding carboxylic acids is 7. The van der Waals surface area contributed by atoms with E-state index in [0.717, 1.165) is 43.4 Å². The number of aliphatic hydroxyl groups excluding tert-OH is 9. The average molecular weight is 1740 g/mol. The van der Waals surface area contributed by atoms with E-state index < -0.39 is 110 Å². The Morgan fingerprint density at radius 2 is 0.779 bits per heavy atom. The number of aliphatic hydroxyl groups is 9. The molecule has 3 saturated heterocycles. The van der Waals surface area contributed by atoms with Gasteiger partial charge in [0.15, 0.2) is 0 Å². The van der Waals surface area contributed by atoms with E-state index in [4.69, 9.17) is 62.4 Å². The maximum atomic E-state index is 14.1. The molecule has 2 aromatic rings. The lowest BCUT2D eigenvalue weighted by Gasteiger charge is -2.36. The molecule has 12 atom stereocenters. The van der Waals surface area contributed by atoms with Crippen LogP contribution in [0.4, 0.5) is 0 Å². The molecule has 3 fully saturated rings. The van der Waals surface area contributed by atoms with Crippen LogP contribution in [-0.4, -0.2) is 379 Å². The standard InChI is InChI=1S/C79H135N15O28/c80-87-57(45-60-48-63(98)76(108)66(54-95)120-60)51-81-20-27-111-33-39-117-40-34-112-28-21-83-70(102)13-16-79(86-73(105)10-8-6-4-2-1-3-5-7-9-69(101)82-19-24-94-74(106)11-12-75(94)107,17-14-71(103)84-22-29-113-35-41-118-43-37-115-31-25-92-52-58(88-90-92)46-61-49-64(99)77(109)67(55-96)121-61)18-15-72(104)85-23-30-114-36-42-119-44-38-116-32-26-93-53-59(89-91-93)47-62-50-65(100)78(110)68(56-97)122-62/h11-12,51-53,60-68,76-78,80-81,95-100,108-110H,1-10,13-50,54-56H2,(H,82,101)(H,83,102)(H,84,103)(H,85,104)(H,86,105)/b57-51-,87-80?/t60-,61-,62-,63-,64-,65-,66-,67-,68-,76-,77-,78-/m1/s1. The summed E-state index contributed by atoms with van der Waals surface area (Å²) in [7, 11) is 0.